The molecule has 0 unspecified atom stereocenters. The molecule has 1 N–H and O–H groups in total. The summed E-state index contributed by atoms with van der Waals surface area (Å²) in [4.78, 5) is 27.9. The molecule has 0 aliphatic heterocycles. The summed E-state index contributed by atoms with van der Waals surface area (Å²) in [6, 6.07) is 13.0. The molecule has 34 heavy (non-hydrogen) atoms. The van der Waals surface area contributed by atoms with Crippen molar-refractivity contribution >= 4 is 43.5 Å². The van der Waals surface area contributed by atoms with Gasteiger partial charge in [0.1, 0.15) is 18.3 Å². The number of halogens is 1. The Kier molecular flexibility index (Phi) is 9.13. The molecule has 2 aromatic rings. The minimum absolute atomic E-state index is 0.132. The van der Waals surface area contributed by atoms with Gasteiger partial charge in [-0.15, -0.1) is 0 Å². The van der Waals surface area contributed by atoms with E-state index >= 15 is 0 Å². The molecule has 2 rings (SSSR count). The second-order valence-corrected chi connectivity index (χ2v) is 11.9. The van der Waals surface area contributed by atoms with Crippen LogP contribution in [0.3, 0.4) is 0 Å². The standard InChI is InChI=1S/C24H32BrN3O5S/c1-17(23(30)26-24(2,3)4)27(15-18-9-7-10-19(25)13-18)22(29)16-28(34(6,31)32)20-11-8-12-21(14-20)33-5/h7-14,17H,15-16H2,1-6H3,(H,26,30)/t17-/m0/s1. The molecule has 2 aromatic carbocycles. The highest BCUT2D eigenvalue weighted by Crippen LogP contribution is 2.24. The second-order valence-electron chi connectivity index (χ2n) is 9.04. The summed E-state index contributed by atoms with van der Waals surface area (Å²) >= 11 is 3.42. The van der Waals surface area contributed by atoms with E-state index in [1.54, 1.807) is 31.2 Å². The van der Waals surface area contributed by atoms with E-state index in [1.807, 2.05) is 45.0 Å². The molecule has 0 aromatic heterocycles. The number of benzene rings is 2. The van der Waals surface area contributed by atoms with E-state index in [0.717, 1.165) is 20.6 Å². The van der Waals surface area contributed by atoms with Crippen LogP contribution >= 0.6 is 15.9 Å². The second kappa shape index (κ2) is 11.2. The summed E-state index contributed by atoms with van der Waals surface area (Å²) < 4.78 is 32.3. The van der Waals surface area contributed by atoms with Crippen LogP contribution in [-0.4, -0.2) is 56.6 Å². The van der Waals surface area contributed by atoms with Crippen LogP contribution in [0.25, 0.3) is 0 Å². The van der Waals surface area contributed by atoms with E-state index in [0.29, 0.717) is 11.4 Å². The third-order valence-corrected chi connectivity index (χ3v) is 6.56. The molecular weight excluding hydrogens is 522 g/mol. The highest BCUT2D eigenvalue weighted by Gasteiger charge is 2.31. The lowest BCUT2D eigenvalue weighted by atomic mass is 10.1. The molecule has 1 atom stereocenters. The number of hydrogen-bond acceptors (Lipinski definition) is 5. The van der Waals surface area contributed by atoms with Crippen molar-refractivity contribution in [2.75, 3.05) is 24.2 Å². The summed E-state index contributed by atoms with van der Waals surface area (Å²) in [5.74, 6) is -0.379. The Morgan fingerprint density at radius 1 is 1.12 bits per heavy atom. The first-order valence-corrected chi connectivity index (χ1v) is 13.3. The van der Waals surface area contributed by atoms with E-state index in [-0.39, 0.29) is 12.5 Å². The predicted molar refractivity (Wildman–Crippen MR) is 137 cm³/mol. The number of amides is 2. The summed E-state index contributed by atoms with van der Waals surface area (Å²) in [6.07, 6.45) is 1.04. The summed E-state index contributed by atoms with van der Waals surface area (Å²) in [6.45, 7) is 6.86. The topological polar surface area (TPSA) is 96.0 Å². The largest absolute Gasteiger partial charge is 0.497 e. The zero-order chi connectivity index (χ0) is 25.7. The van der Waals surface area contributed by atoms with E-state index in [4.69, 9.17) is 4.74 Å². The third-order valence-electron chi connectivity index (χ3n) is 4.93. The van der Waals surface area contributed by atoms with Gasteiger partial charge in [0, 0.05) is 22.6 Å². The molecule has 0 heterocycles. The molecule has 0 aliphatic carbocycles. The molecule has 186 valence electrons. The molecule has 0 saturated heterocycles. The highest BCUT2D eigenvalue weighted by atomic mass is 79.9. The number of ether oxygens (including phenoxy) is 1. The molecule has 2 amide bonds. The average Bonchev–Trinajstić information content (AvgIpc) is 2.73. The maximum atomic E-state index is 13.5. The van der Waals surface area contributed by atoms with Gasteiger partial charge in [-0.1, -0.05) is 34.1 Å². The van der Waals surface area contributed by atoms with Gasteiger partial charge in [-0.05, 0) is 57.5 Å². The molecule has 0 bridgehead atoms. The van der Waals surface area contributed by atoms with Gasteiger partial charge in [0.25, 0.3) is 0 Å². The zero-order valence-corrected chi connectivity index (χ0v) is 22.7. The van der Waals surface area contributed by atoms with E-state index in [2.05, 4.69) is 21.2 Å². The van der Waals surface area contributed by atoms with Gasteiger partial charge in [0.2, 0.25) is 21.8 Å². The van der Waals surface area contributed by atoms with Crippen LogP contribution in [0.4, 0.5) is 5.69 Å². The van der Waals surface area contributed by atoms with Gasteiger partial charge in [0.05, 0.1) is 19.1 Å². The SMILES string of the molecule is COc1cccc(N(CC(=O)N(Cc2cccc(Br)c2)[C@@H](C)C(=O)NC(C)(C)C)S(C)(=O)=O)c1. The van der Waals surface area contributed by atoms with Crippen molar-refractivity contribution in [2.24, 2.45) is 0 Å². The number of methoxy groups -OCH3 is 1. The number of carbonyl (C=O) groups excluding carboxylic acids is 2. The maximum absolute atomic E-state index is 13.5. The van der Waals surface area contributed by atoms with E-state index in [9.17, 15) is 18.0 Å². The lowest BCUT2D eigenvalue weighted by Crippen LogP contribution is -2.54. The zero-order valence-electron chi connectivity index (χ0n) is 20.3. The molecule has 0 saturated carbocycles. The van der Waals surface area contributed by atoms with Crippen molar-refractivity contribution < 1.29 is 22.7 Å². The molecule has 0 spiro atoms. The van der Waals surface area contributed by atoms with Gasteiger partial charge in [-0.3, -0.25) is 13.9 Å². The highest BCUT2D eigenvalue weighted by molar-refractivity contribution is 9.10. The third kappa shape index (κ3) is 8.02. The quantitative estimate of drug-likeness (QED) is 0.512. The number of hydrogen-bond donors (Lipinski definition) is 1. The van der Waals surface area contributed by atoms with Gasteiger partial charge in [-0.25, -0.2) is 8.42 Å². The minimum Gasteiger partial charge on any atom is -0.497 e. The summed E-state index contributed by atoms with van der Waals surface area (Å²) in [5.41, 5.74) is 0.602. The van der Waals surface area contributed by atoms with Gasteiger partial charge in [-0.2, -0.15) is 0 Å². The van der Waals surface area contributed by atoms with Crippen molar-refractivity contribution in [3.05, 3.63) is 58.6 Å². The molecule has 0 radical (unpaired) electrons. The molecule has 0 aliphatic rings. The average molecular weight is 555 g/mol. The fourth-order valence-corrected chi connectivity index (χ4v) is 4.56. The summed E-state index contributed by atoms with van der Waals surface area (Å²) in [5, 5.41) is 2.89. The first-order valence-electron chi connectivity index (χ1n) is 10.7. The fourth-order valence-electron chi connectivity index (χ4n) is 3.27. The molecular formula is C24H32BrN3O5S. The number of anilines is 1. The lowest BCUT2D eigenvalue weighted by Gasteiger charge is -2.33. The number of rotatable bonds is 9. The van der Waals surface area contributed by atoms with Crippen LogP contribution in [0.2, 0.25) is 0 Å². The monoisotopic (exact) mass is 553 g/mol. The van der Waals surface area contributed by atoms with Crippen LogP contribution in [0.5, 0.6) is 5.75 Å². The molecule has 0 fully saturated rings. The Morgan fingerprint density at radius 2 is 1.76 bits per heavy atom. The van der Waals surface area contributed by atoms with Crippen molar-refractivity contribution in [2.45, 2.75) is 45.8 Å². The van der Waals surface area contributed by atoms with Crippen LogP contribution < -0.4 is 14.4 Å². The number of nitrogens with zero attached hydrogens (tertiary/aromatic N) is 2. The predicted octanol–water partition coefficient (Wildman–Crippen LogP) is 3.56. The van der Waals surface area contributed by atoms with Crippen LogP contribution in [0, 0.1) is 0 Å². The first-order chi connectivity index (χ1) is 15.7. The molecule has 10 heteroatoms. The van der Waals surface area contributed by atoms with Crippen LogP contribution in [0.15, 0.2) is 53.0 Å². The Morgan fingerprint density at radius 3 is 2.32 bits per heavy atom. The van der Waals surface area contributed by atoms with Gasteiger partial charge < -0.3 is 15.0 Å². The van der Waals surface area contributed by atoms with Gasteiger partial charge >= 0.3 is 0 Å². The first kappa shape index (κ1) is 27.7. The number of nitrogens with one attached hydrogen (secondary N) is 1. The van der Waals surface area contributed by atoms with Crippen molar-refractivity contribution in [3.8, 4) is 5.75 Å². The van der Waals surface area contributed by atoms with Crippen molar-refractivity contribution in [1.82, 2.24) is 10.2 Å². The summed E-state index contributed by atoms with van der Waals surface area (Å²) in [7, 11) is -2.33. The van der Waals surface area contributed by atoms with Crippen LogP contribution in [-0.2, 0) is 26.2 Å². The van der Waals surface area contributed by atoms with Gasteiger partial charge in [0.15, 0.2) is 0 Å². The normalized spacial score (nSPS) is 12.6. The van der Waals surface area contributed by atoms with Crippen LogP contribution in [0.1, 0.15) is 33.3 Å². The smallest absolute Gasteiger partial charge is 0.244 e. The number of sulfonamides is 1. The van der Waals surface area contributed by atoms with E-state index < -0.39 is 34.1 Å². The Balaban J connectivity index is 2.42. The Bertz CT molecular complexity index is 1130. The number of carbonyl (C=O) groups is 2. The molecule has 8 nitrogen and oxygen atoms in total. The Hall–Kier alpha value is -2.59. The van der Waals surface area contributed by atoms with E-state index in [1.165, 1.54) is 12.0 Å². The fraction of sp³-hybridized carbons (Fsp3) is 0.417. The Labute approximate surface area is 210 Å². The van der Waals surface area contributed by atoms with Crippen molar-refractivity contribution in [1.29, 1.82) is 0 Å². The lowest BCUT2D eigenvalue weighted by molar-refractivity contribution is -0.140. The maximum Gasteiger partial charge on any atom is 0.244 e. The minimum atomic E-state index is -3.80. The van der Waals surface area contributed by atoms with Crippen molar-refractivity contribution in [3.63, 3.8) is 0 Å².